The maximum atomic E-state index is 16.0. The molecule has 11 aromatic carbocycles. The number of anilines is 2. The lowest BCUT2D eigenvalue weighted by Gasteiger charge is -2.40. The molecule has 0 amide bonds. The average Bonchev–Trinajstić information content (AvgIpc) is 1.58. The van der Waals surface area contributed by atoms with Crippen LogP contribution in [-0.2, 0) is 131 Å². The second kappa shape index (κ2) is 43.6. The molecular weight excluding hydrogens is 1930 g/mol. The topological polar surface area (TPSA) is 273 Å². The van der Waals surface area contributed by atoms with Crippen molar-refractivity contribution in [2.45, 2.75) is 216 Å². The first kappa shape index (κ1) is 106. The van der Waals surface area contributed by atoms with E-state index in [4.69, 9.17) is 41.0 Å². The molecule has 3 saturated carbocycles. The highest BCUT2D eigenvalue weighted by Crippen LogP contribution is 2.57. The summed E-state index contributed by atoms with van der Waals surface area (Å²) in [6.07, 6.45) is -10.1. The molecule has 4 aliphatic heterocycles. The van der Waals surface area contributed by atoms with Crippen LogP contribution in [0, 0.1) is 22.9 Å². The number of hydrogen-bond donors (Lipinski definition) is 5. The molecule has 1 unspecified atom stereocenters. The Hall–Kier alpha value is -12.8. The number of carbonyl (C=O) groups excluding carboxylic acids is 3. The highest BCUT2D eigenvalue weighted by Gasteiger charge is 2.56. The Kier molecular flexibility index (Phi) is 31.3. The number of nitrogens with two attached hydrogens (primary N) is 1. The minimum Gasteiger partial charge on any atom is -0.396 e. The van der Waals surface area contributed by atoms with Gasteiger partial charge in [0, 0.05) is 69.5 Å². The fourth-order valence-corrected chi connectivity index (χ4v) is 19.9. The molecule has 32 heteroatoms. The fraction of sp³-hybridized carbons (Fsp3) is 0.365. The Morgan fingerprint density at radius 2 is 0.741 bits per heavy atom. The number of Topliss-reactive ketones (excluding diaryl/α,β-unsaturated/α-hetero) is 2. The number of nitrogens with zero attached hydrogens (tertiary/aromatic N) is 3. The van der Waals surface area contributed by atoms with Crippen LogP contribution in [0.15, 0.2) is 255 Å². The van der Waals surface area contributed by atoms with Crippen LogP contribution in [0.1, 0.15) is 153 Å². The zero-order chi connectivity index (χ0) is 104. The summed E-state index contributed by atoms with van der Waals surface area (Å²) in [6.45, 7) is 16.1. The summed E-state index contributed by atoms with van der Waals surface area (Å²) >= 11 is 5.51. The minimum absolute atomic E-state index is 0.0123. The van der Waals surface area contributed by atoms with Gasteiger partial charge in [0.2, 0.25) is 5.24 Å². The van der Waals surface area contributed by atoms with E-state index >= 15 is 8.78 Å². The molecular formula is C115H116ClF9N4O18. The average molecular weight is 2050 g/mol. The molecule has 0 bridgehead atoms. The van der Waals surface area contributed by atoms with Crippen molar-refractivity contribution in [2.24, 2.45) is 5.41 Å². The van der Waals surface area contributed by atoms with Crippen LogP contribution < -0.4 is 39.1 Å². The highest BCUT2D eigenvalue weighted by atomic mass is 35.5. The molecule has 22 nitrogen and oxygen atoms in total. The Morgan fingerprint density at radius 3 is 1.10 bits per heavy atom. The first-order valence-electron chi connectivity index (χ1n) is 48.8. The van der Waals surface area contributed by atoms with Gasteiger partial charge in [-0.25, -0.2) is 13.2 Å². The third-order valence-electron chi connectivity index (χ3n) is 28.0. The van der Waals surface area contributed by atoms with E-state index in [2.05, 4.69) is 47.2 Å². The van der Waals surface area contributed by atoms with Crippen LogP contribution in [0.5, 0.6) is 34.5 Å². The highest BCUT2D eigenvalue weighted by molar-refractivity contribution is 6.66. The summed E-state index contributed by atoms with van der Waals surface area (Å²) in [5.74, 6) is -2.52. The van der Waals surface area contributed by atoms with Gasteiger partial charge in [0.05, 0.1) is 137 Å². The van der Waals surface area contributed by atoms with Gasteiger partial charge in [0.15, 0.2) is 34.5 Å². The van der Waals surface area contributed by atoms with Crippen molar-refractivity contribution in [2.75, 3.05) is 56.8 Å². The van der Waals surface area contributed by atoms with Gasteiger partial charge in [-0.3, -0.25) is 14.4 Å². The summed E-state index contributed by atoms with van der Waals surface area (Å²) in [4.78, 5) is 40.8. The largest absolute Gasteiger partial charge is 0.586 e. The van der Waals surface area contributed by atoms with Crippen LogP contribution in [0.3, 0.4) is 0 Å². The third kappa shape index (κ3) is 24.8. The SMILES string of the molecule is CC(C)(COCc1ccccc1)C1Cc2cc(N)c(F)cc2N1C[C@@H](O)COCc1ccccc1.CC(C)(COCc1ccccc1)c1cc2cc(CC(=O)C3(c4ccc5c(c4)OC(F)(F)O5)CC3)c(F)cc2n1C[C@@H](O)CO.CC(C)(COCc1ccccc1)c1cc2cc(CC(=O)C3(c4ccc5c(c4)OC(F)(F)O5)CC3)c(F)cc2n1C[C@@H](O)COCc1ccccc1.O=C(Cl)C1(c2ccc3c(c2)OC(F)(F)O3)CC1. The lowest BCUT2D eigenvalue weighted by Crippen LogP contribution is -2.49. The first-order valence-corrected chi connectivity index (χ1v) is 49.2. The van der Waals surface area contributed by atoms with Crippen molar-refractivity contribution in [3.8, 4) is 34.5 Å². The number of carbonyl (C=O) groups is 3. The molecule has 3 aliphatic carbocycles. The number of aliphatic hydroxyl groups excluding tert-OH is 4. The molecule has 6 N–H and O–H groups in total. The minimum atomic E-state index is -3.76. The van der Waals surface area contributed by atoms with E-state index in [1.54, 1.807) is 41.0 Å². The molecule has 20 rings (SSSR count). The lowest BCUT2D eigenvalue weighted by molar-refractivity contribution is -0.287. The number of alkyl halides is 6. The summed E-state index contributed by atoms with van der Waals surface area (Å²) in [7, 11) is 0. The van der Waals surface area contributed by atoms with Crippen molar-refractivity contribution in [3.05, 3.63) is 345 Å². The van der Waals surface area contributed by atoms with Gasteiger partial charge in [-0.1, -0.05) is 211 Å². The van der Waals surface area contributed by atoms with Gasteiger partial charge in [-0.05, 0) is 203 Å². The standard InChI is InChI=1S/C41H40F3NO6.C34H34F3NO6.C29H35FN2O3.C11H7ClF2O3/c1-39(2,26-49-24-28-11-7-4-8-12-28)37-18-30-17-29(19-38(47)40(15-16-40)31-13-14-35-36(20-31)51-41(43,44)50-35)33(42)21-34(30)45(37)22-32(46)25-48-23-27-9-5-3-6-10-27;1-32(2,20-42-19-21-6-4-3-5-7-21)30-13-23-12-22(26(35)16-27(23)38(30)17-25(40)18-39)14-31(41)33(10-11-33)24-8-9-28-29(15-24)44-34(36,37)43-28;1-29(2,20-35-18-22-11-7-4-8-12-22)28-14-23-13-26(31)25(30)15-27(23)32(28)16-24(33)19-34-17-21-9-5-3-6-10-21;12-9(15)10(3-4-10)6-1-2-7-8(5-6)17-11(13,14)16-7/h3-14,17-18,20-21,32,46H,15-16,19,22-26H2,1-2H3;3-9,12-13,15-16,25,39-40H,10-11,14,17-20H2,1-2H3;3-13,15,24,28,33H,14,16-20,31H2,1-2H3;1-2,5H,3-4H2/t32-;25-;24-,28?;/m111./s1. The van der Waals surface area contributed by atoms with E-state index in [0.717, 1.165) is 55.8 Å². The molecule has 6 heterocycles. The molecule has 0 spiro atoms. The lowest BCUT2D eigenvalue weighted by atomic mass is 9.83. The van der Waals surface area contributed by atoms with Crippen molar-refractivity contribution >= 4 is 61.6 Å². The molecule has 147 heavy (non-hydrogen) atoms. The van der Waals surface area contributed by atoms with Gasteiger partial charge < -0.3 is 92.3 Å². The summed E-state index contributed by atoms with van der Waals surface area (Å²) < 4.78 is 186. The molecule has 13 aromatic rings. The number of aliphatic hydroxyl groups is 4. The number of halogens is 10. The molecule has 3 fully saturated rings. The van der Waals surface area contributed by atoms with Gasteiger partial charge >= 0.3 is 18.9 Å². The molecule has 2 aromatic heterocycles. The van der Waals surface area contributed by atoms with Crippen LogP contribution in [0.2, 0.25) is 0 Å². The maximum absolute atomic E-state index is 16.0. The van der Waals surface area contributed by atoms with E-state index in [1.807, 2.05) is 196 Å². The molecule has 7 aliphatic rings. The second-order valence-corrected chi connectivity index (χ2v) is 41.0. The van der Waals surface area contributed by atoms with Gasteiger partial charge in [-0.2, -0.15) is 0 Å². The Morgan fingerprint density at radius 1 is 0.408 bits per heavy atom. The Balaban J connectivity index is 0.000000141. The number of nitrogen functional groups attached to an aromatic ring is 1. The number of fused-ring (bicyclic) bond motifs is 6. The fourth-order valence-electron chi connectivity index (χ4n) is 19.6. The first-order chi connectivity index (χ1) is 70.1. The third-order valence-corrected chi connectivity index (χ3v) is 28.3. The number of benzene rings is 11. The molecule has 0 radical (unpaired) electrons. The monoisotopic (exact) mass is 2050 g/mol. The number of ether oxygens (including phenoxy) is 11. The van der Waals surface area contributed by atoms with Crippen LogP contribution in [0.4, 0.5) is 50.9 Å². The quantitative estimate of drug-likeness (QED) is 0.0136. The molecule has 774 valence electrons. The predicted molar refractivity (Wildman–Crippen MR) is 534 cm³/mol. The molecule has 4 atom stereocenters. The van der Waals surface area contributed by atoms with E-state index in [-0.39, 0.29) is 113 Å². The summed E-state index contributed by atoms with van der Waals surface area (Å²) in [6, 6.07) is 75.5. The van der Waals surface area contributed by atoms with Crippen molar-refractivity contribution < 1.29 is 126 Å². The smallest absolute Gasteiger partial charge is 0.396 e. The van der Waals surface area contributed by atoms with E-state index in [1.165, 1.54) is 54.6 Å². The summed E-state index contributed by atoms with van der Waals surface area (Å²) in [5.41, 5.74) is 14.0. The van der Waals surface area contributed by atoms with Gasteiger partial charge in [0.25, 0.3) is 0 Å². The van der Waals surface area contributed by atoms with Gasteiger partial charge in [0.1, 0.15) is 29.0 Å². The number of rotatable bonds is 40. The maximum Gasteiger partial charge on any atom is 0.586 e. The van der Waals surface area contributed by atoms with Crippen molar-refractivity contribution in [1.29, 1.82) is 0 Å². The zero-order valence-electron chi connectivity index (χ0n) is 82.0. The van der Waals surface area contributed by atoms with Crippen molar-refractivity contribution in [1.82, 2.24) is 9.13 Å². The number of β-amino-alcohol motifs (C(OH)–C–C–N with tert-alkyl or cyclic N) is 1. The Bertz CT molecular complexity index is 6870. The second-order valence-electron chi connectivity index (χ2n) is 40.7. The Labute approximate surface area is 849 Å². The predicted octanol–water partition coefficient (Wildman–Crippen LogP) is 21.6. The van der Waals surface area contributed by atoms with E-state index < -0.39 is 93.6 Å². The number of ketones is 2. The zero-order valence-corrected chi connectivity index (χ0v) is 82.8. The van der Waals surface area contributed by atoms with Gasteiger partial charge in [-0.15, -0.1) is 26.3 Å². The number of hydrogen-bond acceptors (Lipinski definition) is 20. The van der Waals surface area contributed by atoms with E-state index in [0.29, 0.717) is 137 Å². The molecule has 0 saturated heterocycles. The van der Waals surface area contributed by atoms with E-state index in [9.17, 15) is 65.5 Å². The van der Waals surface area contributed by atoms with Crippen LogP contribution in [0.25, 0.3) is 21.8 Å². The van der Waals surface area contributed by atoms with Crippen molar-refractivity contribution in [3.63, 3.8) is 0 Å². The van der Waals surface area contributed by atoms with Crippen LogP contribution in [-0.4, -0.2) is 136 Å². The van der Waals surface area contributed by atoms with Crippen LogP contribution >= 0.6 is 11.6 Å². The normalized spacial score (nSPS) is 17.3. The number of aromatic nitrogens is 2. The summed E-state index contributed by atoms with van der Waals surface area (Å²) in [5, 5.41) is 42.8.